The van der Waals surface area contributed by atoms with Crippen molar-refractivity contribution in [3.63, 3.8) is 0 Å². The molecule has 1 aliphatic rings. The second-order valence-corrected chi connectivity index (χ2v) is 9.10. The van der Waals surface area contributed by atoms with E-state index in [1.54, 1.807) is 18.2 Å². The summed E-state index contributed by atoms with van der Waals surface area (Å²) in [6, 6.07) is 16.3. The maximum Gasteiger partial charge on any atom is 0.339 e. The van der Waals surface area contributed by atoms with Gasteiger partial charge in [0.1, 0.15) is 11.3 Å². The van der Waals surface area contributed by atoms with Crippen molar-refractivity contribution in [2.45, 2.75) is 57.9 Å². The van der Waals surface area contributed by atoms with Crippen LogP contribution in [-0.4, -0.2) is 46.8 Å². The van der Waals surface area contributed by atoms with Gasteiger partial charge in [-0.25, -0.2) is 4.79 Å². The fourth-order valence-corrected chi connectivity index (χ4v) is 5.25. The van der Waals surface area contributed by atoms with Crippen LogP contribution >= 0.6 is 0 Å². The number of fused-ring (bicyclic) bond motifs is 1. The van der Waals surface area contributed by atoms with Gasteiger partial charge in [0.2, 0.25) is 0 Å². The minimum Gasteiger partial charge on any atom is -0.493 e. The zero-order chi connectivity index (χ0) is 23.2. The molecule has 5 nitrogen and oxygen atoms in total. The van der Waals surface area contributed by atoms with Gasteiger partial charge in [-0.05, 0) is 74.9 Å². The van der Waals surface area contributed by atoms with Crippen LogP contribution in [0.4, 0.5) is 0 Å². The molecular weight excluding hydrogens is 412 g/mol. The highest BCUT2D eigenvalue weighted by Crippen LogP contribution is 2.36. The van der Waals surface area contributed by atoms with Crippen LogP contribution in [0.5, 0.6) is 5.75 Å². The third-order valence-electron chi connectivity index (χ3n) is 7.13. The smallest absolute Gasteiger partial charge is 0.339 e. The summed E-state index contributed by atoms with van der Waals surface area (Å²) in [7, 11) is 0. The number of carboxylic acid groups (broad SMARTS) is 1. The Hall–Kier alpha value is -2.79. The second kappa shape index (κ2) is 10.9. The van der Waals surface area contributed by atoms with Crippen molar-refractivity contribution in [3.8, 4) is 5.75 Å². The Morgan fingerprint density at radius 1 is 1.06 bits per heavy atom. The van der Waals surface area contributed by atoms with Crippen LogP contribution in [0.15, 0.2) is 54.7 Å². The third kappa shape index (κ3) is 5.25. The van der Waals surface area contributed by atoms with Gasteiger partial charge in [0, 0.05) is 29.7 Å². The van der Waals surface area contributed by atoms with E-state index in [2.05, 4.69) is 53.8 Å². The van der Waals surface area contributed by atoms with E-state index in [1.165, 1.54) is 29.3 Å². The van der Waals surface area contributed by atoms with E-state index < -0.39 is 5.97 Å². The molecule has 0 spiro atoms. The van der Waals surface area contributed by atoms with Crippen LogP contribution in [0.2, 0.25) is 0 Å². The monoisotopic (exact) mass is 448 g/mol. The second-order valence-electron chi connectivity index (χ2n) is 9.10. The number of carboxylic acids is 1. The van der Waals surface area contributed by atoms with Crippen molar-refractivity contribution in [1.29, 1.82) is 0 Å². The largest absolute Gasteiger partial charge is 0.493 e. The van der Waals surface area contributed by atoms with Crippen LogP contribution in [0.25, 0.3) is 10.9 Å². The number of piperidine rings is 1. The highest BCUT2D eigenvalue weighted by molar-refractivity contribution is 5.90. The highest BCUT2D eigenvalue weighted by Gasteiger charge is 2.24. The van der Waals surface area contributed by atoms with Gasteiger partial charge in [-0.15, -0.1) is 0 Å². The summed E-state index contributed by atoms with van der Waals surface area (Å²) < 4.78 is 8.28. The predicted octanol–water partition coefficient (Wildman–Crippen LogP) is 6.35. The number of rotatable bonds is 10. The molecule has 1 fully saturated rings. The average Bonchev–Trinajstić information content (AvgIpc) is 3.23. The SMILES string of the molecule is CCC(CC)n1cc(C2CCN(CCCOc3ccccc3C(=O)O)CC2)c2ccccc21. The number of likely N-dealkylation sites (tertiary alicyclic amines) is 1. The Morgan fingerprint density at radius 2 is 1.76 bits per heavy atom. The normalized spacial score (nSPS) is 15.4. The molecule has 0 aliphatic carbocycles. The van der Waals surface area contributed by atoms with E-state index in [0.717, 1.165) is 38.9 Å². The minimum absolute atomic E-state index is 0.228. The number of carbonyl (C=O) groups is 1. The Labute approximate surface area is 197 Å². The first-order valence-corrected chi connectivity index (χ1v) is 12.4. The topological polar surface area (TPSA) is 54.7 Å². The van der Waals surface area contributed by atoms with E-state index in [-0.39, 0.29) is 5.56 Å². The molecule has 0 saturated carbocycles. The molecule has 3 aromatic rings. The third-order valence-corrected chi connectivity index (χ3v) is 7.13. The number of para-hydroxylation sites is 2. The van der Waals surface area contributed by atoms with E-state index in [0.29, 0.717) is 24.3 Å². The van der Waals surface area contributed by atoms with Crippen LogP contribution in [0.3, 0.4) is 0 Å². The number of benzene rings is 2. The Balaban J connectivity index is 1.32. The van der Waals surface area contributed by atoms with E-state index in [1.807, 2.05) is 6.07 Å². The Kier molecular flexibility index (Phi) is 7.71. The van der Waals surface area contributed by atoms with Crippen molar-refractivity contribution in [2.24, 2.45) is 0 Å². The fraction of sp³-hybridized carbons (Fsp3) is 0.464. The van der Waals surface area contributed by atoms with Gasteiger partial charge in [-0.1, -0.05) is 44.2 Å². The van der Waals surface area contributed by atoms with Crippen molar-refractivity contribution < 1.29 is 14.6 Å². The van der Waals surface area contributed by atoms with Gasteiger partial charge in [-0.3, -0.25) is 0 Å². The standard InChI is InChI=1S/C28H36N2O3/c1-3-22(4-2)30-20-25(23-10-5-7-12-26(23)30)21-14-17-29(18-15-21)16-9-19-33-27-13-8-6-11-24(27)28(31)32/h5-8,10-13,20-22H,3-4,9,14-19H2,1-2H3,(H,31,32). The maximum atomic E-state index is 11.3. The number of ether oxygens (including phenoxy) is 1. The first kappa shape index (κ1) is 23.4. The molecular formula is C28H36N2O3. The summed E-state index contributed by atoms with van der Waals surface area (Å²) in [6.45, 7) is 8.28. The van der Waals surface area contributed by atoms with E-state index >= 15 is 0 Å². The predicted molar refractivity (Wildman–Crippen MR) is 133 cm³/mol. The van der Waals surface area contributed by atoms with Crippen molar-refractivity contribution in [2.75, 3.05) is 26.2 Å². The first-order chi connectivity index (χ1) is 16.1. The Morgan fingerprint density at radius 3 is 2.48 bits per heavy atom. The lowest BCUT2D eigenvalue weighted by atomic mass is 9.89. The van der Waals surface area contributed by atoms with Crippen LogP contribution < -0.4 is 4.74 Å². The highest BCUT2D eigenvalue weighted by atomic mass is 16.5. The van der Waals surface area contributed by atoms with E-state index in [4.69, 9.17) is 4.74 Å². The summed E-state index contributed by atoms with van der Waals surface area (Å²) in [5.74, 6) is 0.122. The summed E-state index contributed by atoms with van der Waals surface area (Å²) >= 11 is 0. The molecule has 1 saturated heterocycles. The molecule has 0 bridgehead atoms. The lowest BCUT2D eigenvalue weighted by Crippen LogP contribution is -2.34. The summed E-state index contributed by atoms with van der Waals surface area (Å²) in [5, 5.41) is 10.7. The van der Waals surface area contributed by atoms with Crippen molar-refractivity contribution in [1.82, 2.24) is 9.47 Å². The lowest BCUT2D eigenvalue weighted by Gasteiger charge is -2.32. The van der Waals surface area contributed by atoms with Gasteiger partial charge in [0.05, 0.1) is 6.61 Å². The molecule has 1 aromatic heterocycles. The molecule has 5 heteroatoms. The van der Waals surface area contributed by atoms with Gasteiger partial charge in [0.25, 0.3) is 0 Å². The quantitative estimate of drug-likeness (QED) is 0.367. The molecule has 2 heterocycles. The molecule has 0 radical (unpaired) electrons. The molecule has 33 heavy (non-hydrogen) atoms. The Bertz CT molecular complexity index is 1060. The fourth-order valence-electron chi connectivity index (χ4n) is 5.25. The van der Waals surface area contributed by atoms with Crippen LogP contribution in [0.1, 0.15) is 73.8 Å². The zero-order valence-corrected chi connectivity index (χ0v) is 19.9. The molecule has 1 N–H and O–H groups in total. The number of nitrogens with zero attached hydrogens (tertiary/aromatic N) is 2. The molecule has 0 unspecified atom stereocenters. The number of aromatic nitrogens is 1. The molecule has 4 rings (SSSR count). The summed E-state index contributed by atoms with van der Waals surface area (Å²) in [5.41, 5.74) is 3.12. The summed E-state index contributed by atoms with van der Waals surface area (Å²) in [6.07, 6.45) is 8.01. The average molecular weight is 449 g/mol. The number of hydrogen-bond donors (Lipinski definition) is 1. The lowest BCUT2D eigenvalue weighted by molar-refractivity contribution is 0.0692. The molecule has 0 atom stereocenters. The first-order valence-electron chi connectivity index (χ1n) is 12.4. The zero-order valence-electron chi connectivity index (χ0n) is 19.9. The van der Waals surface area contributed by atoms with Crippen LogP contribution in [-0.2, 0) is 0 Å². The number of aromatic carboxylic acids is 1. The van der Waals surface area contributed by atoms with E-state index in [9.17, 15) is 9.90 Å². The molecule has 2 aromatic carbocycles. The van der Waals surface area contributed by atoms with Gasteiger partial charge < -0.3 is 19.3 Å². The van der Waals surface area contributed by atoms with Crippen LogP contribution in [0, 0.1) is 0 Å². The maximum absolute atomic E-state index is 11.3. The van der Waals surface area contributed by atoms with Gasteiger partial charge >= 0.3 is 5.97 Å². The van der Waals surface area contributed by atoms with Crippen molar-refractivity contribution >= 4 is 16.9 Å². The van der Waals surface area contributed by atoms with Crippen molar-refractivity contribution in [3.05, 3.63) is 65.9 Å². The van der Waals surface area contributed by atoms with Gasteiger partial charge in [0.15, 0.2) is 0 Å². The minimum atomic E-state index is -0.946. The molecule has 176 valence electrons. The van der Waals surface area contributed by atoms with Gasteiger partial charge in [-0.2, -0.15) is 0 Å². The molecule has 0 amide bonds. The number of hydrogen-bond acceptors (Lipinski definition) is 3. The molecule has 1 aliphatic heterocycles. The summed E-state index contributed by atoms with van der Waals surface area (Å²) in [4.78, 5) is 13.8.